The zero-order chi connectivity index (χ0) is 15.4. The van der Waals surface area contributed by atoms with Gasteiger partial charge in [-0.15, -0.1) is 0 Å². The third kappa shape index (κ3) is 4.43. The number of nitrogens with one attached hydrogen (secondary N) is 2. The fourth-order valence-electron chi connectivity index (χ4n) is 2.17. The van der Waals surface area contributed by atoms with Gasteiger partial charge in [0.1, 0.15) is 5.75 Å². The fraction of sp³-hybridized carbons (Fsp3) is 0.462. The molecule has 1 fully saturated rings. The number of carbonyl (C=O) groups excluding carboxylic acids is 1. The van der Waals surface area contributed by atoms with E-state index in [0.717, 1.165) is 13.0 Å². The molecular weight excluding hydrogens is 325 g/mol. The fourth-order valence-corrected chi connectivity index (χ4v) is 2.75. The normalized spacial score (nSPS) is 18.0. The van der Waals surface area contributed by atoms with E-state index >= 15 is 0 Å². The molecule has 2 rings (SSSR count). The monoisotopic (exact) mass is 338 g/mol. The van der Waals surface area contributed by atoms with Crippen LogP contribution in [0.1, 0.15) is 12.0 Å². The molecule has 0 bridgehead atoms. The van der Waals surface area contributed by atoms with Gasteiger partial charge in [0.05, 0.1) is 10.9 Å². The molecule has 1 saturated heterocycles. The maximum atomic E-state index is 12.4. The number of hydrogen-bond donors (Lipinski definition) is 2. The molecule has 1 amide bonds. The molecule has 0 unspecified atom stereocenters. The molecule has 0 saturated carbocycles. The second kappa shape index (κ2) is 7.24. The van der Waals surface area contributed by atoms with Gasteiger partial charge in [0.2, 0.25) is 5.91 Å². The Balaban J connectivity index is 2.08. The first-order chi connectivity index (χ1) is 9.97. The van der Waals surface area contributed by atoms with Gasteiger partial charge < -0.3 is 15.4 Å². The molecule has 8 heteroatoms. The predicted molar refractivity (Wildman–Crippen MR) is 75.9 cm³/mol. The summed E-state index contributed by atoms with van der Waals surface area (Å²) >= 11 is 11.7. The molecule has 1 aliphatic heterocycles. The molecule has 0 aliphatic carbocycles. The summed E-state index contributed by atoms with van der Waals surface area (Å²) in [4.78, 5) is 11.9. The predicted octanol–water partition coefficient (Wildman–Crippen LogP) is 2.82. The molecule has 1 aromatic rings. The maximum absolute atomic E-state index is 12.4. The lowest BCUT2D eigenvalue weighted by atomic mass is 10.1. The summed E-state index contributed by atoms with van der Waals surface area (Å²) in [5, 5.41) is 6.03. The number of alkyl halides is 2. The van der Waals surface area contributed by atoms with Crippen LogP contribution in [0.15, 0.2) is 12.1 Å². The Kier molecular flexibility index (Phi) is 5.61. The molecule has 4 nitrogen and oxygen atoms in total. The average Bonchev–Trinajstić information content (AvgIpc) is 2.93. The van der Waals surface area contributed by atoms with Crippen molar-refractivity contribution in [1.29, 1.82) is 0 Å². The van der Waals surface area contributed by atoms with Gasteiger partial charge >= 0.3 is 6.61 Å². The second-order valence-corrected chi connectivity index (χ2v) is 5.51. The minimum absolute atomic E-state index is 0.0189. The Morgan fingerprint density at radius 1 is 1.48 bits per heavy atom. The molecule has 2 N–H and O–H groups in total. The van der Waals surface area contributed by atoms with Crippen molar-refractivity contribution in [3.63, 3.8) is 0 Å². The van der Waals surface area contributed by atoms with Crippen LogP contribution in [-0.2, 0) is 11.3 Å². The first kappa shape index (κ1) is 16.3. The van der Waals surface area contributed by atoms with Crippen LogP contribution in [-0.4, -0.2) is 25.6 Å². The van der Waals surface area contributed by atoms with E-state index in [1.54, 1.807) is 0 Å². The summed E-state index contributed by atoms with van der Waals surface area (Å²) < 4.78 is 29.2. The first-order valence-corrected chi connectivity index (χ1v) is 7.14. The van der Waals surface area contributed by atoms with E-state index in [4.69, 9.17) is 23.2 Å². The second-order valence-electron chi connectivity index (χ2n) is 4.66. The van der Waals surface area contributed by atoms with Gasteiger partial charge in [-0.25, -0.2) is 0 Å². The van der Waals surface area contributed by atoms with Crippen molar-refractivity contribution < 1.29 is 18.3 Å². The Morgan fingerprint density at radius 3 is 2.86 bits per heavy atom. The summed E-state index contributed by atoms with van der Waals surface area (Å²) in [7, 11) is 0. The SMILES string of the molecule is O=C(NCc1cc(Cl)cc(Cl)c1OC(F)F)[C@@H]1CCNC1. The third-order valence-corrected chi connectivity index (χ3v) is 3.68. The maximum Gasteiger partial charge on any atom is 0.387 e. The van der Waals surface area contributed by atoms with E-state index in [-0.39, 0.29) is 34.2 Å². The number of ether oxygens (including phenoxy) is 1. The van der Waals surface area contributed by atoms with Gasteiger partial charge in [0.15, 0.2) is 0 Å². The van der Waals surface area contributed by atoms with Gasteiger partial charge in [-0.2, -0.15) is 8.78 Å². The number of halogens is 4. The van der Waals surface area contributed by atoms with Gasteiger partial charge in [-0.05, 0) is 25.1 Å². The molecule has 0 aromatic heterocycles. The molecule has 1 aromatic carbocycles. The van der Waals surface area contributed by atoms with E-state index in [2.05, 4.69) is 15.4 Å². The van der Waals surface area contributed by atoms with Gasteiger partial charge in [-0.1, -0.05) is 23.2 Å². The van der Waals surface area contributed by atoms with Crippen molar-refractivity contribution in [3.05, 3.63) is 27.7 Å². The lowest BCUT2D eigenvalue weighted by molar-refractivity contribution is -0.124. The molecule has 21 heavy (non-hydrogen) atoms. The van der Waals surface area contributed by atoms with Crippen LogP contribution >= 0.6 is 23.2 Å². The van der Waals surface area contributed by atoms with Crippen LogP contribution < -0.4 is 15.4 Å². The quantitative estimate of drug-likeness (QED) is 0.867. The van der Waals surface area contributed by atoms with E-state index < -0.39 is 6.61 Å². The van der Waals surface area contributed by atoms with Crippen LogP contribution in [0.3, 0.4) is 0 Å². The lowest BCUT2D eigenvalue weighted by Gasteiger charge is -2.15. The molecule has 1 aliphatic rings. The topological polar surface area (TPSA) is 50.4 Å². The van der Waals surface area contributed by atoms with E-state index in [1.807, 2.05) is 0 Å². The van der Waals surface area contributed by atoms with E-state index in [0.29, 0.717) is 12.1 Å². The number of amides is 1. The molecule has 116 valence electrons. The Labute approximate surface area is 130 Å². The minimum atomic E-state index is -3.00. The standard InChI is InChI=1S/C13H14Cl2F2N2O2/c14-9-3-8(11(10(15)4-9)21-13(16)17)6-19-12(20)7-1-2-18-5-7/h3-4,7,13,18H,1-2,5-6H2,(H,19,20)/t7-/m1/s1. The van der Waals surface area contributed by atoms with Gasteiger partial charge in [0, 0.05) is 23.7 Å². The summed E-state index contributed by atoms with van der Waals surface area (Å²) in [6, 6.07) is 2.76. The molecule has 0 spiro atoms. The largest absolute Gasteiger partial charge is 0.433 e. The molecule has 1 heterocycles. The third-order valence-electron chi connectivity index (χ3n) is 3.18. The van der Waals surface area contributed by atoms with Crippen molar-refractivity contribution in [1.82, 2.24) is 10.6 Å². The summed E-state index contributed by atoms with van der Waals surface area (Å²) in [6.45, 7) is -1.57. The number of hydrogen-bond acceptors (Lipinski definition) is 3. The van der Waals surface area contributed by atoms with E-state index in [9.17, 15) is 13.6 Å². The van der Waals surface area contributed by atoms with Crippen LogP contribution in [0.2, 0.25) is 10.0 Å². The van der Waals surface area contributed by atoms with Crippen LogP contribution in [0, 0.1) is 5.92 Å². The first-order valence-electron chi connectivity index (χ1n) is 6.38. The summed E-state index contributed by atoms with van der Waals surface area (Å²) in [6.07, 6.45) is 0.753. The smallest absolute Gasteiger partial charge is 0.387 e. The number of benzene rings is 1. The number of carbonyl (C=O) groups is 1. The molecular formula is C13H14Cl2F2N2O2. The van der Waals surface area contributed by atoms with Crippen molar-refractivity contribution in [2.45, 2.75) is 19.6 Å². The highest BCUT2D eigenvalue weighted by molar-refractivity contribution is 6.35. The molecule has 1 atom stereocenters. The minimum Gasteiger partial charge on any atom is -0.433 e. The van der Waals surface area contributed by atoms with Crippen molar-refractivity contribution >= 4 is 29.1 Å². The van der Waals surface area contributed by atoms with Crippen molar-refractivity contribution in [2.24, 2.45) is 5.92 Å². The molecule has 0 radical (unpaired) electrons. The highest BCUT2D eigenvalue weighted by Crippen LogP contribution is 2.33. The average molecular weight is 339 g/mol. The zero-order valence-corrected chi connectivity index (χ0v) is 12.5. The van der Waals surface area contributed by atoms with Gasteiger partial charge in [0.25, 0.3) is 0 Å². The van der Waals surface area contributed by atoms with E-state index in [1.165, 1.54) is 12.1 Å². The van der Waals surface area contributed by atoms with Crippen LogP contribution in [0.25, 0.3) is 0 Å². The Hall–Kier alpha value is -1.11. The number of rotatable bonds is 5. The lowest BCUT2D eigenvalue weighted by Crippen LogP contribution is -2.31. The Bertz CT molecular complexity index is 523. The van der Waals surface area contributed by atoms with Gasteiger partial charge in [-0.3, -0.25) is 4.79 Å². The Morgan fingerprint density at radius 2 is 2.24 bits per heavy atom. The summed E-state index contributed by atoms with van der Waals surface area (Å²) in [5.41, 5.74) is 0.312. The highest BCUT2D eigenvalue weighted by Gasteiger charge is 2.23. The summed E-state index contributed by atoms with van der Waals surface area (Å²) in [5.74, 6) is -0.417. The van der Waals surface area contributed by atoms with Crippen molar-refractivity contribution in [3.8, 4) is 5.75 Å². The van der Waals surface area contributed by atoms with Crippen molar-refractivity contribution in [2.75, 3.05) is 13.1 Å². The van der Waals surface area contributed by atoms with Crippen LogP contribution in [0.5, 0.6) is 5.75 Å². The highest BCUT2D eigenvalue weighted by atomic mass is 35.5. The van der Waals surface area contributed by atoms with Crippen LogP contribution in [0.4, 0.5) is 8.78 Å². The zero-order valence-electron chi connectivity index (χ0n) is 11.0.